The Labute approximate surface area is 81.4 Å². The molecule has 14 heavy (non-hydrogen) atoms. The fraction of sp³-hybridized carbons (Fsp3) is 0.556. The maximum Gasteiger partial charge on any atom is 0.326 e. The highest BCUT2D eigenvalue weighted by Crippen LogP contribution is 2.13. The van der Waals surface area contributed by atoms with E-state index >= 15 is 0 Å². The van der Waals surface area contributed by atoms with Crippen LogP contribution < -0.4 is 5.69 Å². The van der Waals surface area contributed by atoms with Crippen LogP contribution in [-0.2, 0) is 4.79 Å². The molecule has 0 spiro atoms. The van der Waals surface area contributed by atoms with Gasteiger partial charge in [0.15, 0.2) is 0 Å². The standard InChI is InChI=1S/C9H14N2O3/c1-4-7(8(12)13)11-6(3)5(2)10-9(11)14/h7H,4H2,1-3H3,(H,10,14)(H,12,13). The van der Waals surface area contributed by atoms with Gasteiger partial charge in [-0.05, 0) is 20.3 Å². The Morgan fingerprint density at radius 2 is 2.14 bits per heavy atom. The van der Waals surface area contributed by atoms with E-state index in [0.717, 1.165) is 5.69 Å². The van der Waals surface area contributed by atoms with Crippen molar-refractivity contribution in [3.63, 3.8) is 0 Å². The number of carboxylic acids is 1. The van der Waals surface area contributed by atoms with Gasteiger partial charge in [0.25, 0.3) is 0 Å². The molecule has 0 saturated carbocycles. The van der Waals surface area contributed by atoms with Crippen LogP contribution in [0.4, 0.5) is 0 Å². The third kappa shape index (κ3) is 1.57. The number of aromatic amines is 1. The lowest BCUT2D eigenvalue weighted by atomic mass is 10.2. The Morgan fingerprint density at radius 1 is 1.57 bits per heavy atom. The summed E-state index contributed by atoms with van der Waals surface area (Å²) in [5, 5.41) is 8.91. The van der Waals surface area contributed by atoms with Crippen molar-refractivity contribution in [3.8, 4) is 0 Å². The van der Waals surface area contributed by atoms with Crippen LogP contribution in [0.1, 0.15) is 30.8 Å². The number of aryl methyl sites for hydroxylation is 1. The van der Waals surface area contributed by atoms with Crippen molar-refractivity contribution >= 4 is 5.97 Å². The highest BCUT2D eigenvalue weighted by molar-refractivity contribution is 5.71. The molecule has 1 aromatic heterocycles. The molecule has 0 bridgehead atoms. The Kier molecular flexibility index (Phi) is 2.78. The highest BCUT2D eigenvalue weighted by Gasteiger charge is 2.21. The summed E-state index contributed by atoms with van der Waals surface area (Å²) >= 11 is 0. The quantitative estimate of drug-likeness (QED) is 0.755. The number of hydrogen-bond donors (Lipinski definition) is 2. The van der Waals surface area contributed by atoms with Crippen LogP contribution in [0.15, 0.2) is 4.79 Å². The van der Waals surface area contributed by atoms with E-state index in [1.54, 1.807) is 20.8 Å². The Bertz CT molecular complexity index is 403. The fourth-order valence-electron chi connectivity index (χ4n) is 1.49. The first-order chi connectivity index (χ1) is 6.49. The van der Waals surface area contributed by atoms with Gasteiger partial charge < -0.3 is 10.1 Å². The molecule has 1 heterocycles. The molecule has 5 nitrogen and oxygen atoms in total. The van der Waals surface area contributed by atoms with Gasteiger partial charge in [-0.3, -0.25) is 4.57 Å². The topological polar surface area (TPSA) is 75.1 Å². The van der Waals surface area contributed by atoms with Crippen LogP contribution in [0.2, 0.25) is 0 Å². The molecule has 2 N–H and O–H groups in total. The molecular formula is C9H14N2O3. The zero-order chi connectivity index (χ0) is 10.9. The molecule has 0 aliphatic carbocycles. The Hall–Kier alpha value is -1.52. The smallest absolute Gasteiger partial charge is 0.326 e. The number of rotatable bonds is 3. The number of aromatic nitrogens is 2. The van der Waals surface area contributed by atoms with E-state index < -0.39 is 12.0 Å². The van der Waals surface area contributed by atoms with Crippen LogP contribution in [0.25, 0.3) is 0 Å². The van der Waals surface area contributed by atoms with Crippen molar-refractivity contribution in [3.05, 3.63) is 21.9 Å². The normalized spacial score (nSPS) is 12.8. The number of carboxylic acid groups (broad SMARTS) is 1. The minimum Gasteiger partial charge on any atom is -0.480 e. The third-order valence-electron chi connectivity index (χ3n) is 2.40. The molecule has 1 rings (SSSR count). The van der Waals surface area contributed by atoms with Crippen LogP contribution in [0, 0.1) is 13.8 Å². The number of imidazole rings is 1. The van der Waals surface area contributed by atoms with Gasteiger partial charge in [-0.25, -0.2) is 9.59 Å². The number of H-pyrrole nitrogens is 1. The van der Waals surface area contributed by atoms with Gasteiger partial charge in [0.05, 0.1) is 0 Å². The van der Waals surface area contributed by atoms with E-state index in [-0.39, 0.29) is 5.69 Å². The summed E-state index contributed by atoms with van der Waals surface area (Å²) in [4.78, 5) is 24.9. The highest BCUT2D eigenvalue weighted by atomic mass is 16.4. The van der Waals surface area contributed by atoms with Crippen molar-refractivity contribution in [1.29, 1.82) is 0 Å². The lowest BCUT2D eigenvalue weighted by molar-refractivity contribution is -0.141. The Balaban J connectivity index is 3.29. The molecule has 1 unspecified atom stereocenters. The maximum absolute atomic E-state index is 11.4. The molecule has 0 aliphatic rings. The lowest BCUT2D eigenvalue weighted by Gasteiger charge is -2.12. The summed E-state index contributed by atoms with van der Waals surface area (Å²) in [5.74, 6) is -0.975. The summed E-state index contributed by atoms with van der Waals surface area (Å²) in [7, 11) is 0. The van der Waals surface area contributed by atoms with Gasteiger partial charge in [-0.15, -0.1) is 0 Å². The SMILES string of the molecule is CCC(C(=O)O)n1c(C)c(C)[nH]c1=O. The van der Waals surface area contributed by atoms with Gasteiger partial charge in [-0.2, -0.15) is 0 Å². The van der Waals surface area contributed by atoms with Crippen molar-refractivity contribution in [2.24, 2.45) is 0 Å². The second kappa shape index (κ2) is 3.69. The second-order valence-electron chi connectivity index (χ2n) is 3.27. The molecular weight excluding hydrogens is 184 g/mol. The average molecular weight is 198 g/mol. The first-order valence-electron chi connectivity index (χ1n) is 4.49. The van der Waals surface area contributed by atoms with Gasteiger partial charge in [0.1, 0.15) is 6.04 Å². The largest absolute Gasteiger partial charge is 0.480 e. The lowest BCUT2D eigenvalue weighted by Crippen LogP contribution is -2.28. The Morgan fingerprint density at radius 3 is 2.43 bits per heavy atom. The number of carbonyl (C=O) groups is 1. The van der Waals surface area contributed by atoms with E-state index in [1.807, 2.05) is 0 Å². The molecule has 1 atom stereocenters. The van der Waals surface area contributed by atoms with Gasteiger partial charge in [0.2, 0.25) is 0 Å². The number of aliphatic carboxylic acids is 1. The van der Waals surface area contributed by atoms with Crippen LogP contribution in [0.5, 0.6) is 0 Å². The molecule has 0 amide bonds. The minimum absolute atomic E-state index is 0.353. The molecule has 0 aliphatic heterocycles. The summed E-state index contributed by atoms with van der Waals surface area (Å²) < 4.78 is 1.29. The van der Waals surface area contributed by atoms with E-state index in [4.69, 9.17) is 5.11 Å². The first kappa shape index (κ1) is 10.6. The van der Waals surface area contributed by atoms with E-state index in [0.29, 0.717) is 12.1 Å². The molecule has 0 radical (unpaired) electrons. The molecule has 5 heteroatoms. The van der Waals surface area contributed by atoms with E-state index in [1.165, 1.54) is 4.57 Å². The molecule has 78 valence electrons. The molecule has 0 saturated heterocycles. The van der Waals surface area contributed by atoms with Crippen molar-refractivity contribution in [2.45, 2.75) is 33.2 Å². The van der Waals surface area contributed by atoms with Gasteiger partial charge >= 0.3 is 11.7 Å². The van der Waals surface area contributed by atoms with Crippen molar-refractivity contribution in [2.75, 3.05) is 0 Å². The van der Waals surface area contributed by atoms with E-state index in [9.17, 15) is 9.59 Å². The minimum atomic E-state index is -0.975. The van der Waals surface area contributed by atoms with Gasteiger partial charge in [0, 0.05) is 11.4 Å². The molecule has 1 aromatic rings. The zero-order valence-corrected chi connectivity index (χ0v) is 8.50. The first-order valence-corrected chi connectivity index (χ1v) is 4.49. The maximum atomic E-state index is 11.4. The molecule has 0 aromatic carbocycles. The number of nitrogens with one attached hydrogen (secondary N) is 1. The van der Waals surface area contributed by atoms with Crippen LogP contribution >= 0.6 is 0 Å². The predicted octanol–water partition coefficient (Wildman–Crippen LogP) is 0.829. The summed E-state index contributed by atoms with van der Waals surface area (Å²) in [6.45, 7) is 5.23. The van der Waals surface area contributed by atoms with Crippen molar-refractivity contribution in [1.82, 2.24) is 9.55 Å². The summed E-state index contributed by atoms with van der Waals surface area (Å²) in [6, 6.07) is -0.771. The second-order valence-corrected chi connectivity index (χ2v) is 3.27. The average Bonchev–Trinajstić information content (AvgIpc) is 2.32. The number of nitrogens with zero attached hydrogens (tertiary/aromatic N) is 1. The predicted molar refractivity (Wildman–Crippen MR) is 51.5 cm³/mol. The summed E-state index contributed by atoms with van der Waals surface area (Å²) in [6.07, 6.45) is 0.396. The third-order valence-corrected chi connectivity index (χ3v) is 2.40. The summed E-state index contributed by atoms with van der Waals surface area (Å²) in [5.41, 5.74) is 1.05. The molecule has 0 fully saturated rings. The van der Waals surface area contributed by atoms with Crippen LogP contribution in [-0.4, -0.2) is 20.6 Å². The monoisotopic (exact) mass is 198 g/mol. The van der Waals surface area contributed by atoms with Gasteiger partial charge in [-0.1, -0.05) is 6.92 Å². The zero-order valence-electron chi connectivity index (χ0n) is 8.50. The number of hydrogen-bond acceptors (Lipinski definition) is 2. The van der Waals surface area contributed by atoms with Crippen LogP contribution in [0.3, 0.4) is 0 Å². The van der Waals surface area contributed by atoms with E-state index in [2.05, 4.69) is 4.98 Å². The fourth-order valence-corrected chi connectivity index (χ4v) is 1.49. The van der Waals surface area contributed by atoms with Crippen molar-refractivity contribution < 1.29 is 9.90 Å².